The van der Waals surface area contributed by atoms with Gasteiger partial charge in [-0.05, 0) is 57.0 Å². The second kappa shape index (κ2) is 4.22. The van der Waals surface area contributed by atoms with Crippen molar-refractivity contribution in [3.8, 4) is 5.75 Å². The molecule has 3 nitrogen and oxygen atoms in total. The van der Waals surface area contributed by atoms with Gasteiger partial charge in [-0.25, -0.2) is 0 Å². The first-order chi connectivity index (χ1) is 8.22. The number of nitrogens with zero attached hydrogens (tertiary/aromatic N) is 1. The van der Waals surface area contributed by atoms with Crippen LogP contribution >= 0.6 is 0 Å². The van der Waals surface area contributed by atoms with Crippen molar-refractivity contribution in [3.05, 3.63) is 24.3 Å². The van der Waals surface area contributed by atoms with E-state index in [4.69, 9.17) is 10.5 Å². The van der Waals surface area contributed by atoms with Gasteiger partial charge in [-0.15, -0.1) is 0 Å². The van der Waals surface area contributed by atoms with E-state index in [1.807, 2.05) is 24.3 Å². The van der Waals surface area contributed by atoms with E-state index in [-0.39, 0.29) is 0 Å². The van der Waals surface area contributed by atoms with Gasteiger partial charge >= 0.3 is 0 Å². The van der Waals surface area contributed by atoms with Crippen LogP contribution < -0.4 is 10.5 Å². The van der Waals surface area contributed by atoms with Crippen LogP contribution in [0.4, 0.5) is 5.69 Å². The quantitative estimate of drug-likeness (QED) is 0.795. The minimum absolute atomic E-state index is 0.382. The van der Waals surface area contributed by atoms with Gasteiger partial charge in [-0.3, -0.25) is 0 Å². The average Bonchev–Trinajstić information content (AvgIpc) is 2.55. The third-order valence-electron chi connectivity index (χ3n) is 4.24. The zero-order valence-corrected chi connectivity index (χ0v) is 10.3. The van der Waals surface area contributed by atoms with Gasteiger partial charge in [0.25, 0.3) is 0 Å². The average molecular weight is 232 g/mol. The Labute approximate surface area is 103 Å². The molecule has 0 saturated carbocycles. The maximum atomic E-state index is 6.06. The first-order valence-electron chi connectivity index (χ1n) is 6.46. The Bertz CT molecular complexity index is 376. The third-order valence-corrected chi connectivity index (χ3v) is 4.24. The molecule has 2 fully saturated rings. The van der Waals surface area contributed by atoms with E-state index in [9.17, 15) is 0 Å². The van der Waals surface area contributed by atoms with E-state index in [1.165, 1.54) is 12.8 Å². The summed E-state index contributed by atoms with van der Waals surface area (Å²) < 4.78 is 6.06. The minimum Gasteiger partial charge on any atom is -0.490 e. The van der Waals surface area contributed by atoms with Crippen molar-refractivity contribution >= 4 is 5.69 Å². The van der Waals surface area contributed by atoms with Crippen molar-refractivity contribution in [3.63, 3.8) is 0 Å². The first-order valence-corrected chi connectivity index (χ1v) is 6.46. The predicted octanol–water partition coefficient (Wildman–Crippen LogP) is 2.27. The monoisotopic (exact) mass is 232 g/mol. The molecule has 92 valence electrons. The molecule has 0 aliphatic carbocycles. The molecule has 1 aromatic carbocycles. The van der Waals surface area contributed by atoms with Crippen molar-refractivity contribution in [2.45, 2.75) is 43.9 Å². The van der Waals surface area contributed by atoms with Gasteiger partial charge in [0.1, 0.15) is 11.9 Å². The minimum atomic E-state index is 0.382. The van der Waals surface area contributed by atoms with Crippen molar-refractivity contribution in [2.24, 2.45) is 0 Å². The maximum Gasteiger partial charge on any atom is 0.119 e. The van der Waals surface area contributed by atoms with Gasteiger partial charge in [0.15, 0.2) is 0 Å². The lowest BCUT2D eigenvalue weighted by Crippen LogP contribution is -2.43. The van der Waals surface area contributed by atoms with Crippen LogP contribution in [-0.4, -0.2) is 30.1 Å². The van der Waals surface area contributed by atoms with E-state index in [0.29, 0.717) is 6.10 Å². The fourth-order valence-electron chi connectivity index (χ4n) is 3.20. The number of benzene rings is 1. The Kier molecular flexibility index (Phi) is 2.71. The van der Waals surface area contributed by atoms with Crippen LogP contribution in [0.2, 0.25) is 0 Å². The Balaban J connectivity index is 1.65. The Morgan fingerprint density at radius 2 is 1.71 bits per heavy atom. The van der Waals surface area contributed by atoms with E-state index in [0.717, 1.165) is 36.4 Å². The zero-order chi connectivity index (χ0) is 11.8. The van der Waals surface area contributed by atoms with Gasteiger partial charge in [0, 0.05) is 17.8 Å². The summed E-state index contributed by atoms with van der Waals surface area (Å²) in [6, 6.07) is 9.20. The van der Waals surface area contributed by atoms with Crippen LogP contribution in [0, 0.1) is 0 Å². The summed E-state index contributed by atoms with van der Waals surface area (Å²) in [7, 11) is 2.25. The Hall–Kier alpha value is -1.22. The lowest BCUT2D eigenvalue weighted by Gasteiger charge is -2.36. The fourth-order valence-corrected chi connectivity index (χ4v) is 3.20. The number of hydrogen-bond donors (Lipinski definition) is 1. The summed E-state index contributed by atoms with van der Waals surface area (Å²) in [6.07, 6.45) is 5.38. The summed E-state index contributed by atoms with van der Waals surface area (Å²) in [6.45, 7) is 0. The summed E-state index contributed by atoms with van der Waals surface area (Å²) in [4.78, 5) is 2.53. The summed E-state index contributed by atoms with van der Waals surface area (Å²) >= 11 is 0. The fraction of sp³-hybridized carbons (Fsp3) is 0.571. The molecule has 2 saturated heterocycles. The molecule has 2 heterocycles. The number of ether oxygens (including phenoxy) is 1. The van der Waals surface area contributed by atoms with Crippen molar-refractivity contribution in [1.82, 2.24) is 4.90 Å². The molecule has 0 aromatic heterocycles. The Morgan fingerprint density at radius 3 is 2.29 bits per heavy atom. The van der Waals surface area contributed by atoms with Gasteiger partial charge < -0.3 is 15.4 Å². The number of piperidine rings is 1. The smallest absolute Gasteiger partial charge is 0.119 e. The lowest BCUT2D eigenvalue weighted by molar-refractivity contribution is 0.0662. The largest absolute Gasteiger partial charge is 0.490 e. The second-order valence-corrected chi connectivity index (χ2v) is 5.33. The number of rotatable bonds is 2. The van der Waals surface area contributed by atoms with Crippen LogP contribution in [-0.2, 0) is 0 Å². The topological polar surface area (TPSA) is 38.5 Å². The van der Waals surface area contributed by atoms with Crippen LogP contribution in [0.3, 0.4) is 0 Å². The number of nitrogens with two attached hydrogens (primary N) is 1. The SMILES string of the molecule is CN1[C@@H]2CC[C@H]1C[C@@H](Oc1ccc(N)cc1)C2. The molecule has 2 bridgehead atoms. The zero-order valence-electron chi connectivity index (χ0n) is 10.3. The molecule has 2 aliphatic rings. The molecule has 17 heavy (non-hydrogen) atoms. The molecule has 1 aromatic rings. The molecule has 3 atom stereocenters. The molecule has 0 spiro atoms. The molecule has 0 amide bonds. The summed E-state index contributed by atoms with van der Waals surface area (Å²) in [5, 5.41) is 0. The summed E-state index contributed by atoms with van der Waals surface area (Å²) in [5.74, 6) is 0.952. The predicted molar refractivity (Wildman–Crippen MR) is 69.1 cm³/mol. The highest BCUT2D eigenvalue weighted by Crippen LogP contribution is 2.35. The van der Waals surface area contributed by atoms with Crippen molar-refractivity contribution < 1.29 is 4.74 Å². The molecule has 3 rings (SSSR count). The second-order valence-electron chi connectivity index (χ2n) is 5.33. The molecule has 2 N–H and O–H groups in total. The standard InChI is InChI=1S/C14H20N2O/c1-16-11-4-5-12(16)9-14(8-11)17-13-6-2-10(15)3-7-13/h2-3,6-7,11-12,14H,4-5,8-9,15H2,1H3/t11-,12+,14+. The number of hydrogen-bond acceptors (Lipinski definition) is 3. The van der Waals surface area contributed by atoms with E-state index >= 15 is 0 Å². The van der Waals surface area contributed by atoms with Crippen LogP contribution in [0.1, 0.15) is 25.7 Å². The van der Waals surface area contributed by atoms with Gasteiger partial charge in [0.2, 0.25) is 0 Å². The number of anilines is 1. The number of nitrogen functional groups attached to an aromatic ring is 1. The molecule has 0 unspecified atom stereocenters. The van der Waals surface area contributed by atoms with E-state index < -0.39 is 0 Å². The number of fused-ring (bicyclic) bond motifs is 2. The highest BCUT2D eigenvalue weighted by atomic mass is 16.5. The summed E-state index contributed by atoms with van der Waals surface area (Å²) in [5.41, 5.74) is 6.46. The van der Waals surface area contributed by atoms with Crippen LogP contribution in [0.5, 0.6) is 5.75 Å². The molecule has 0 radical (unpaired) electrons. The third kappa shape index (κ3) is 2.12. The van der Waals surface area contributed by atoms with E-state index in [1.54, 1.807) is 0 Å². The maximum absolute atomic E-state index is 6.06. The van der Waals surface area contributed by atoms with Gasteiger partial charge in [-0.1, -0.05) is 0 Å². The molecule has 2 aliphatic heterocycles. The van der Waals surface area contributed by atoms with Crippen molar-refractivity contribution in [2.75, 3.05) is 12.8 Å². The lowest BCUT2D eigenvalue weighted by atomic mass is 10.0. The highest BCUT2D eigenvalue weighted by molar-refractivity contribution is 5.41. The highest BCUT2D eigenvalue weighted by Gasteiger charge is 2.39. The molecular formula is C14H20N2O. The van der Waals surface area contributed by atoms with E-state index in [2.05, 4.69) is 11.9 Å². The first kappa shape index (κ1) is 10.9. The van der Waals surface area contributed by atoms with Crippen LogP contribution in [0.15, 0.2) is 24.3 Å². The van der Waals surface area contributed by atoms with Gasteiger partial charge in [-0.2, -0.15) is 0 Å². The van der Waals surface area contributed by atoms with Crippen LogP contribution in [0.25, 0.3) is 0 Å². The van der Waals surface area contributed by atoms with Gasteiger partial charge in [0.05, 0.1) is 0 Å². The molecular weight excluding hydrogens is 212 g/mol. The van der Waals surface area contributed by atoms with Crippen molar-refractivity contribution in [1.29, 1.82) is 0 Å². The molecule has 3 heteroatoms. The normalized spacial score (nSPS) is 32.6. The Morgan fingerprint density at radius 1 is 1.12 bits per heavy atom.